The van der Waals surface area contributed by atoms with Crippen molar-refractivity contribution in [3.63, 3.8) is 0 Å². The zero-order chi connectivity index (χ0) is 16.3. The summed E-state index contributed by atoms with van der Waals surface area (Å²) in [5.74, 6) is -0.814. The van der Waals surface area contributed by atoms with Crippen molar-refractivity contribution in [2.45, 2.75) is 37.2 Å². The summed E-state index contributed by atoms with van der Waals surface area (Å²) in [5, 5.41) is 12.0. The van der Waals surface area contributed by atoms with Crippen LogP contribution in [-0.2, 0) is 16.0 Å². The van der Waals surface area contributed by atoms with Gasteiger partial charge in [-0.05, 0) is 31.7 Å². The van der Waals surface area contributed by atoms with Gasteiger partial charge in [0, 0.05) is 17.7 Å². The van der Waals surface area contributed by atoms with Gasteiger partial charge in [-0.2, -0.15) is 11.8 Å². The van der Waals surface area contributed by atoms with Crippen LogP contribution in [0.5, 0.6) is 0 Å². The molecular weight excluding hydrogens is 302 g/mol. The molecule has 6 heteroatoms. The monoisotopic (exact) mass is 323 g/mol. The van der Waals surface area contributed by atoms with Crippen molar-refractivity contribution >= 4 is 23.6 Å². The molecule has 1 amide bonds. The lowest BCUT2D eigenvalue weighted by Crippen LogP contribution is -2.55. The first-order valence-corrected chi connectivity index (χ1v) is 8.46. The Balaban J connectivity index is 2.15. The Morgan fingerprint density at radius 1 is 1.50 bits per heavy atom. The van der Waals surface area contributed by atoms with Gasteiger partial charge < -0.3 is 15.2 Å². The predicted molar refractivity (Wildman–Crippen MR) is 86.0 cm³/mol. The standard InChI is InChI=1S/C16H21NO4S/c1-10(13(9-18)22-3)17-15(20)16(2)8-11-6-4-5-7-12(11)14(19)21-16/h4-7,10,13,18H,8-9H2,1-3H3,(H,17,20). The van der Waals surface area contributed by atoms with Crippen LogP contribution in [0.1, 0.15) is 29.8 Å². The number of nitrogens with one attached hydrogen (secondary N) is 1. The fraction of sp³-hybridized carbons (Fsp3) is 0.500. The minimum atomic E-state index is -1.22. The van der Waals surface area contributed by atoms with Gasteiger partial charge in [0.15, 0.2) is 5.60 Å². The summed E-state index contributed by atoms with van der Waals surface area (Å²) in [6.45, 7) is 3.43. The minimum absolute atomic E-state index is 0.0258. The lowest BCUT2D eigenvalue weighted by molar-refractivity contribution is -0.140. The molecule has 0 fully saturated rings. The van der Waals surface area contributed by atoms with Crippen LogP contribution >= 0.6 is 11.8 Å². The van der Waals surface area contributed by atoms with Crippen molar-refractivity contribution in [1.29, 1.82) is 0 Å². The maximum Gasteiger partial charge on any atom is 0.339 e. The molecule has 0 saturated carbocycles. The highest BCUT2D eigenvalue weighted by Crippen LogP contribution is 2.28. The number of carbonyl (C=O) groups is 2. The molecule has 0 spiro atoms. The summed E-state index contributed by atoms with van der Waals surface area (Å²) in [5.41, 5.74) is 0.101. The molecule has 1 aliphatic heterocycles. The number of benzene rings is 1. The van der Waals surface area contributed by atoms with E-state index in [1.165, 1.54) is 11.8 Å². The third-order valence-corrected chi connectivity index (χ3v) is 5.13. The van der Waals surface area contributed by atoms with E-state index in [0.717, 1.165) is 5.56 Å². The highest BCUT2D eigenvalue weighted by atomic mass is 32.2. The van der Waals surface area contributed by atoms with E-state index >= 15 is 0 Å². The zero-order valence-electron chi connectivity index (χ0n) is 13.0. The number of cyclic esters (lactones) is 1. The molecule has 1 aromatic rings. The van der Waals surface area contributed by atoms with Crippen LogP contribution in [0.2, 0.25) is 0 Å². The smallest absolute Gasteiger partial charge is 0.339 e. The van der Waals surface area contributed by atoms with Gasteiger partial charge in [-0.25, -0.2) is 4.79 Å². The summed E-state index contributed by atoms with van der Waals surface area (Å²) >= 11 is 1.48. The van der Waals surface area contributed by atoms with Crippen molar-refractivity contribution in [3.8, 4) is 0 Å². The Labute approximate surface area is 134 Å². The molecule has 1 aliphatic rings. The molecule has 0 radical (unpaired) electrons. The third kappa shape index (κ3) is 3.28. The molecule has 1 aromatic carbocycles. The molecule has 2 N–H and O–H groups in total. The van der Waals surface area contributed by atoms with Crippen molar-refractivity contribution < 1.29 is 19.4 Å². The molecule has 0 aliphatic carbocycles. The fourth-order valence-electron chi connectivity index (χ4n) is 2.55. The molecule has 22 heavy (non-hydrogen) atoms. The van der Waals surface area contributed by atoms with Crippen LogP contribution in [0.3, 0.4) is 0 Å². The first-order valence-electron chi connectivity index (χ1n) is 7.17. The highest BCUT2D eigenvalue weighted by Gasteiger charge is 2.43. The average molecular weight is 323 g/mol. The van der Waals surface area contributed by atoms with Crippen LogP contribution in [0.15, 0.2) is 24.3 Å². The van der Waals surface area contributed by atoms with E-state index in [1.807, 2.05) is 25.3 Å². The van der Waals surface area contributed by atoms with Crippen LogP contribution in [0.4, 0.5) is 0 Å². The summed E-state index contributed by atoms with van der Waals surface area (Å²) in [6, 6.07) is 6.93. The Bertz CT molecular complexity index is 573. The van der Waals surface area contributed by atoms with Crippen molar-refractivity contribution in [1.82, 2.24) is 5.32 Å². The molecule has 3 atom stereocenters. The summed E-state index contributed by atoms with van der Waals surface area (Å²) in [4.78, 5) is 24.6. The number of esters is 1. The molecule has 0 saturated heterocycles. The maximum atomic E-state index is 12.5. The van der Waals surface area contributed by atoms with Gasteiger partial charge in [-0.3, -0.25) is 4.79 Å². The van der Waals surface area contributed by atoms with Crippen LogP contribution in [0, 0.1) is 0 Å². The largest absolute Gasteiger partial charge is 0.445 e. The predicted octanol–water partition coefficient (Wildman–Crippen LogP) is 1.39. The van der Waals surface area contributed by atoms with Gasteiger partial charge in [0.25, 0.3) is 5.91 Å². The normalized spacial score (nSPS) is 23.2. The summed E-state index contributed by atoms with van der Waals surface area (Å²) in [6.07, 6.45) is 2.22. The molecule has 120 valence electrons. The van der Waals surface area contributed by atoms with Gasteiger partial charge in [0.2, 0.25) is 0 Å². The fourth-order valence-corrected chi connectivity index (χ4v) is 3.17. The van der Waals surface area contributed by atoms with Crippen molar-refractivity contribution in [2.75, 3.05) is 12.9 Å². The van der Waals surface area contributed by atoms with E-state index in [4.69, 9.17) is 4.74 Å². The number of thioether (sulfide) groups is 1. The first kappa shape index (κ1) is 16.8. The highest BCUT2D eigenvalue weighted by molar-refractivity contribution is 7.99. The van der Waals surface area contributed by atoms with Gasteiger partial charge >= 0.3 is 5.97 Å². The van der Waals surface area contributed by atoms with Gasteiger partial charge in [-0.1, -0.05) is 18.2 Å². The van der Waals surface area contributed by atoms with Gasteiger partial charge in [-0.15, -0.1) is 0 Å². The number of amides is 1. The molecule has 3 unspecified atom stereocenters. The Hall–Kier alpha value is -1.53. The molecule has 1 heterocycles. The van der Waals surface area contributed by atoms with E-state index in [-0.39, 0.29) is 23.8 Å². The Kier molecular flexibility index (Phi) is 5.13. The number of aliphatic hydroxyl groups excluding tert-OH is 1. The van der Waals surface area contributed by atoms with E-state index in [9.17, 15) is 14.7 Å². The summed E-state index contributed by atoms with van der Waals surface area (Å²) in [7, 11) is 0. The number of aliphatic hydroxyl groups is 1. The SMILES string of the molecule is CSC(CO)C(C)NC(=O)C1(C)Cc2ccccc2C(=O)O1. The second-order valence-corrected chi connectivity index (χ2v) is 6.75. The molecular formula is C16H21NO4S. The molecule has 0 aromatic heterocycles. The van der Waals surface area contributed by atoms with E-state index in [1.54, 1.807) is 19.1 Å². The second kappa shape index (κ2) is 6.71. The molecule has 5 nitrogen and oxygen atoms in total. The van der Waals surface area contributed by atoms with E-state index in [0.29, 0.717) is 12.0 Å². The quantitative estimate of drug-likeness (QED) is 0.801. The van der Waals surface area contributed by atoms with Gasteiger partial charge in [0.1, 0.15) is 0 Å². The van der Waals surface area contributed by atoms with Crippen LogP contribution in [-0.4, -0.2) is 46.7 Å². The Morgan fingerprint density at radius 2 is 2.18 bits per heavy atom. The van der Waals surface area contributed by atoms with Crippen LogP contribution < -0.4 is 5.32 Å². The second-order valence-electron chi connectivity index (χ2n) is 5.67. The number of ether oxygens (including phenoxy) is 1. The van der Waals surface area contributed by atoms with Crippen molar-refractivity contribution in [3.05, 3.63) is 35.4 Å². The molecule has 2 rings (SSSR count). The zero-order valence-corrected chi connectivity index (χ0v) is 13.8. The van der Waals surface area contributed by atoms with Crippen molar-refractivity contribution in [2.24, 2.45) is 0 Å². The molecule has 0 bridgehead atoms. The number of carbonyl (C=O) groups excluding carboxylic acids is 2. The first-order chi connectivity index (χ1) is 10.4. The maximum absolute atomic E-state index is 12.5. The van der Waals surface area contributed by atoms with E-state index in [2.05, 4.69) is 5.32 Å². The number of rotatable bonds is 5. The minimum Gasteiger partial charge on any atom is -0.445 e. The lowest BCUT2D eigenvalue weighted by Gasteiger charge is -2.34. The number of hydrogen-bond donors (Lipinski definition) is 2. The summed E-state index contributed by atoms with van der Waals surface area (Å²) < 4.78 is 5.39. The van der Waals surface area contributed by atoms with Gasteiger partial charge in [0.05, 0.1) is 12.2 Å². The Morgan fingerprint density at radius 3 is 2.82 bits per heavy atom. The number of hydrogen-bond acceptors (Lipinski definition) is 5. The van der Waals surface area contributed by atoms with Crippen LogP contribution in [0.25, 0.3) is 0 Å². The third-order valence-electron chi connectivity index (χ3n) is 3.96. The lowest BCUT2D eigenvalue weighted by atomic mass is 9.89. The topological polar surface area (TPSA) is 75.6 Å². The van der Waals surface area contributed by atoms with E-state index < -0.39 is 11.6 Å². The number of fused-ring (bicyclic) bond motifs is 1. The average Bonchev–Trinajstić information content (AvgIpc) is 2.48.